The van der Waals surface area contributed by atoms with E-state index in [0.29, 0.717) is 6.04 Å². The molecular weight excluding hydrogens is 236 g/mol. The number of nitrogens with one attached hydrogen (secondary N) is 2. The predicted molar refractivity (Wildman–Crippen MR) is 78.4 cm³/mol. The molecule has 104 valence electrons. The van der Waals surface area contributed by atoms with Crippen LogP contribution in [0.25, 0.3) is 0 Å². The summed E-state index contributed by atoms with van der Waals surface area (Å²) >= 11 is 0. The van der Waals surface area contributed by atoms with Gasteiger partial charge in [-0.15, -0.1) is 0 Å². The summed E-state index contributed by atoms with van der Waals surface area (Å²) in [5.74, 6) is 0. The third kappa shape index (κ3) is 2.77. The fourth-order valence-corrected chi connectivity index (χ4v) is 3.41. The summed E-state index contributed by atoms with van der Waals surface area (Å²) in [6, 6.07) is 8.97. The summed E-state index contributed by atoms with van der Waals surface area (Å²) in [5, 5.41) is 17.9. The molecule has 0 spiro atoms. The molecule has 1 aromatic rings. The van der Waals surface area contributed by atoms with Crippen LogP contribution < -0.4 is 10.6 Å². The normalized spacial score (nSPS) is 29.4. The number of hydrogen-bond acceptors (Lipinski definition) is 3. The van der Waals surface area contributed by atoms with Crippen molar-refractivity contribution in [2.45, 2.75) is 56.7 Å². The Labute approximate surface area is 115 Å². The third-order valence-corrected chi connectivity index (χ3v) is 4.59. The first kappa shape index (κ1) is 12.9. The van der Waals surface area contributed by atoms with Crippen molar-refractivity contribution in [3.05, 3.63) is 29.8 Å². The lowest BCUT2D eigenvalue weighted by Crippen LogP contribution is -2.49. The van der Waals surface area contributed by atoms with Crippen molar-refractivity contribution in [1.29, 1.82) is 0 Å². The minimum absolute atomic E-state index is 0.133. The molecule has 3 rings (SSSR count). The molecule has 0 radical (unpaired) electrons. The SMILES string of the molecule is CC(O)(CC1CCCCN1)C1Cc2ccccc2N1. The van der Waals surface area contributed by atoms with Gasteiger partial charge in [0, 0.05) is 11.7 Å². The number of rotatable bonds is 3. The Morgan fingerprint density at radius 2 is 2.16 bits per heavy atom. The van der Waals surface area contributed by atoms with Gasteiger partial charge in [0.05, 0.1) is 11.6 Å². The van der Waals surface area contributed by atoms with Gasteiger partial charge in [0.25, 0.3) is 0 Å². The minimum Gasteiger partial charge on any atom is -0.388 e. The maximum atomic E-state index is 10.8. The highest BCUT2D eigenvalue weighted by Crippen LogP contribution is 2.33. The first-order valence-electron chi connectivity index (χ1n) is 7.45. The monoisotopic (exact) mass is 260 g/mol. The van der Waals surface area contributed by atoms with Crippen molar-refractivity contribution in [3.8, 4) is 0 Å². The Morgan fingerprint density at radius 1 is 1.32 bits per heavy atom. The van der Waals surface area contributed by atoms with Crippen LogP contribution in [0.15, 0.2) is 24.3 Å². The van der Waals surface area contributed by atoms with E-state index in [1.807, 2.05) is 13.0 Å². The van der Waals surface area contributed by atoms with E-state index in [9.17, 15) is 5.11 Å². The second-order valence-electron chi connectivity index (χ2n) is 6.27. The highest BCUT2D eigenvalue weighted by molar-refractivity contribution is 5.57. The number of benzene rings is 1. The van der Waals surface area contributed by atoms with Gasteiger partial charge in [0.2, 0.25) is 0 Å². The first-order valence-corrected chi connectivity index (χ1v) is 7.45. The Kier molecular flexibility index (Phi) is 3.50. The maximum absolute atomic E-state index is 10.8. The zero-order valence-electron chi connectivity index (χ0n) is 11.7. The van der Waals surface area contributed by atoms with E-state index in [0.717, 1.165) is 19.4 Å². The highest BCUT2D eigenvalue weighted by Gasteiger charge is 2.38. The van der Waals surface area contributed by atoms with E-state index in [2.05, 4.69) is 28.8 Å². The number of para-hydroxylation sites is 1. The molecule has 0 bridgehead atoms. The minimum atomic E-state index is -0.659. The van der Waals surface area contributed by atoms with E-state index in [4.69, 9.17) is 0 Å². The molecule has 1 saturated heterocycles. The molecule has 1 aromatic carbocycles. The summed E-state index contributed by atoms with van der Waals surface area (Å²) in [6.45, 7) is 3.08. The van der Waals surface area contributed by atoms with Crippen molar-refractivity contribution < 1.29 is 5.11 Å². The molecule has 2 heterocycles. The van der Waals surface area contributed by atoms with Crippen LogP contribution in [0.1, 0.15) is 38.2 Å². The van der Waals surface area contributed by atoms with Gasteiger partial charge in [-0.2, -0.15) is 0 Å². The van der Waals surface area contributed by atoms with Gasteiger partial charge in [-0.25, -0.2) is 0 Å². The van der Waals surface area contributed by atoms with Crippen LogP contribution in [0.4, 0.5) is 5.69 Å². The van der Waals surface area contributed by atoms with Crippen LogP contribution in [0.2, 0.25) is 0 Å². The zero-order valence-corrected chi connectivity index (χ0v) is 11.7. The molecule has 0 aliphatic carbocycles. The highest BCUT2D eigenvalue weighted by atomic mass is 16.3. The van der Waals surface area contributed by atoms with Gasteiger partial charge in [-0.1, -0.05) is 24.6 Å². The average molecular weight is 260 g/mol. The molecule has 3 atom stereocenters. The molecule has 3 nitrogen and oxygen atoms in total. The number of piperidine rings is 1. The summed E-state index contributed by atoms with van der Waals surface area (Å²) in [5.41, 5.74) is 1.85. The standard InChI is InChI=1S/C16H24N2O/c1-16(19,11-13-7-4-5-9-17-13)15-10-12-6-2-3-8-14(12)18-15/h2-3,6,8,13,15,17-19H,4-5,7,9-11H2,1H3. The number of fused-ring (bicyclic) bond motifs is 1. The van der Waals surface area contributed by atoms with E-state index < -0.39 is 5.60 Å². The van der Waals surface area contributed by atoms with Crippen molar-refractivity contribution in [1.82, 2.24) is 5.32 Å². The maximum Gasteiger partial charge on any atom is 0.0837 e. The number of hydrogen-bond donors (Lipinski definition) is 3. The second kappa shape index (κ2) is 5.14. The van der Waals surface area contributed by atoms with Crippen LogP contribution >= 0.6 is 0 Å². The van der Waals surface area contributed by atoms with Gasteiger partial charge in [-0.3, -0.25) is 0 Å². The summed E-state index contributed by atoms with van der Waals surface area (Å²) < 4.78 is 0. The molecule has 2 aliphatic heterocycles. The fraction of sp³-hybridized carbons (Fsp3) is 0.625. The van der Waals surface area contributed by atoms with Gasteiger partial charge >= 0.3 is 0 Å². The molecule has 2 aliphatic rings. The zero-order chi connectivity index (χ0) is 13.3. The van der Waals surface area contributed by atoms with Crippen LogP contribution in [0, 0.1) is 0 Å². The van der Waals surface area contributed by atoms with Crippen LogP contribution in [-0.2, 0) is 6.42 Å². The fourth-order valence-electron chi connectivity index (χ4n) is 3.41. The first-order chi connectivity index (χ1) is 9.15. The average Bonchev–Trinajstić information content (AvgIpc) is 2.84. The van der Waals surface area contributed by atoms with E-state index >= 15 is 0 Å². The van der Waals surface area contributed by atoms with Crippen molar-refractivity contribution >= 4 is 5.69 Å². The molecule has 3 heteroatoms. The molecule has 3 unspecified atom stereocenters. The molecule has 0 aromatic heterocycles. The molecule has 0 amide bonds. The summed E-state index contributed by atoms with van der Waals surface area (Å²) in [4.78, 5) is 0. The van der Waals surface area contributed by atoms with Gasteiger partial charge in [0.1, 0.15) is 0 Å². The van der Waals surface area contributed by atoms with Crippen LogP contribution in [0.5, 0.6) is 0 Å². The molecule has 1 fully saturated rings. The van der Waals surface area contributed by atoms with E-state index in [1.165, 1.54) is 30.5 Å². The Morgan fingerprint density at radius 3 is 2.89 bits per heavy atom. The summed E-state index contributed by atoms with van der Waals surface area (Å²) in [6.07, 6.45) is 5.50. The lowest BCUT2D eigenvalue weighted by molar-refractivity contribution is 0.0201. The molecule has 19 heavy (non-hydrogen) atoms. The molecular formula is C16H24N2O. The Bertz CT molecular complexity index is 413. The van der Waals surface area contributed by atoms with Crippen LogP contribution in [-0.4, -0.2) is 29.3 Å². The summed E-state index contributed by atoms with van der Waals surface area (Å²) in [7, 11) is 0. The van der Waals surface area contributed by atoms with Crippen molar-refractivity contribution in [2.75, 3.05) is 11.9 Å². The topological polar surface area (TPSA) is 44.3 Å². The quantitative estimate of drug-likeness (QED) is 0.781. The van der Waals surface area contributed by atoms with Gasteiger partial charge in [0.15, 0.2) is 0 Å². The molecule has 3 N–H and O–H groups in total. The lowest BCUT2D eigenvalue weighted by atomic mass is 9.85. The van der Waals surface area contributed by atoms with Gasteiger partial charge < -0.3 is 15.7 Å². The molecule has 0 saturated carbocycles. The number of aliphatic hydroxyl groups is 1. The van der Waals surface area contributed by atoms with Crippen LogP contribution in [0.3, 0.4) is 0 Å². The lowest BCUT2D eigenvalue weighted by Gasteiger charge is -2.35. The largest absolute Gasteiger partial charge is 0.388 e. The second-order valence-corrected chi connectivity index (χ2v) is 6.27. The van der Waals surface area contributed by atoms with Gasteiger partial charge in [-0.05, 0) is 50.8 Å². The van der Waals surface area contributed by atoms with E-state index in [-0.39, 0.29) is 6.04 Å². The smallest absolute Gasteiger partial charge is 0.0837 e. The van der Waals surface area contributed by atoms with Crippen molar-refractivity contribution in [3.63, 3.8) is 0 Å². The van der Waals surface area contributed by atoms with E-state index in [1.54, 1.807) is 0 Å². The predicted octanol–water partition coefficient (Wildman–Crippen LogP) is 2.31. The Balaban J connectivity index is 1.65. The van der Waals surface area contributed by atoms with Crippen molar-refractivity contribution in [2.24, 2.45) is 0 Å². The number of anilines is 1. The Hall–Kier alpha value is -1.06. The third-order valence-electron chi connectivity index (χ3n) is 4.59.